The Morgan fingerprint density at radius 1 is 0.920 bits per heavy atom. The maximum atomic E-state index is 14.4. The fraction of sp³-hybridized carbons (Fsp3) is 0.615. The van der Waals surface area contributed by atoms with E-state index in [1.165, 1.54) is 0 Å². The topological polar surface area (TPSA) is 120 Å². The van der Waals surface area contributed by atoms with Gasteiger partial charge >= 0.3 is 6.09 Å². The zero-order valence-corrected chi connectivity index (χ0v) is 29.3. The summed E-state index contributed by atoms with van der Waals surface area (Å²) >= 11 is 0. The summed E-state index contributed by atoms with van der Waals surface area (Å²) in [7, 11) is 1.68. The Bertz CT molecular complexity index is 1660. The second-order valence-electron chi connectivity index (χ2n) is 15.3. The molecule has 0 bridgehead atoms. The molecule has 11 nitrogen and oxygen atoms in total. The van der Waals surface area contributed by atoms with E-state index in [9.17, 15) is 9.59 Å². The van der Waals surface area contributed by atoms with E-state index in [1.54, 1.807) is 19.6 Å². The standard InChI is InChI=1S/C39H49N5O6/c1-24-35(47-2)14-13-33(41-24)26-5-3-25(4-6-26)18-44(36-17-29(15-16-40-36)34-23-49-37(42-34)27-7-8-27)38(45)28-9-11-32(12-10-28)50-39(46)43-19-30(20-43)31-21-48-22-31/h13-17,23,25-28,30-32H,3-12,18-22H2,1-2H3. The molecule has 2 aliphatic heterocycles. The second-order valence-corrected chi connectivity index (χ2v) is 15.3. The Hall–Kier alpha value is -3.99. The van der Waals surface area contributed by atoms with Crippen molar-refractivity contribution in [2.75, 3.05) is 44.9 Å². The molecular formula is C39H49N5O6. The zero-order chi connectivity index (χ0) is 34.2. The van der Waals surface area contributed by atoms with Crippen molar-refractivity contribution in [3.8, 4) is 17.0 Å². The molecule has 5 fully saturated rings. The van der Waals surface area contributed by atoms with Gasteiger partial charge in [0.05, 0.1) is 26.0 Å². The third-order valence-electron chi connectivity index (χ3n) is 11.8. The van der Waals surface area contributed by atoms with Crippen LogP contribution in [-0.4, -0.2) is 77.9 Å². The van der Waals surface area contributed by atoms with Crippen molar-refractivity contribution in [3.05, 3.63) is 54.0 Å². The number of hydrogen-bond donors (Lipinski definition) is 0. The smallest absolute Gasteiger partial charge is 0.410 e. The number of aryl methyl sites for hydroxylation is 1. The molecule has 3 aromatic rings. The van der Waals surface area contributed by atoms with Crippen molar-refractivity contribution >= 4 is 17.8 Å². The first-order valence-electron chi connectivity index (χ1n) is 18.7. The fourth-order valence-corrected chi connectivity index (χ4v) is 8.22. The second kappa shape index (κ2) is 14.3. The summed E-state index contributed by atoms with van der Waals surface area (Å²) in [5.74, 6) is 4.55. The molecule has 0 aromatic carbocycles. The summed E-state index contributed by atoms with van der Waals surface area (Å²) in [5.41, 5.74) is 3.73. The largest absolute Gasteiger partial charge is 0.495 e. The molecule has 3 aliphatic carbocycles. The summed E-state index contributed by atoms with van der Waals surface area (Å²) in [4.78, 5) is 45.4. The molecular weight excluding hydrogens is 634 g/mol. The molecule has 0 spiro atoms. The van der Waals surface area contributed by atoms with Crippen LogP contribution in [0.1, 0.15) is 93.3 Å². The summed E-state index contributed by atoms with van der Waals surface area (Å²) < 4.78 is 22.4. The third-order valence-corrected chi connectivity index (χ3v) is 11.8. The van der Waals surface area contributed by atoms with Crippen molar-refractivity contribution in [1.29, 1.82) is 0 Å². The van der Waals surface area contributed by atoms with Crippen molar-refractivity contribution in [2.45, 2.75) is 89.1 Å². The Balaban J connectivity index is 0.925. The number of oxazole rings is 1. The van der Waals surface area contributed by atoms with Crippen LogP contribution in [-0.2, 0) is 14.3 Å². The van der Waals surface area contributed by atoms with Crippen molar-refractivity contribution < 1.29 is 28.2 Å². The van der Waals surface area contributed by atoms with E-state index in [2.05, 4.69) is 6.07 Å². The minimum atomic E-state index is -0.216. The number of nitrogens with zero attached hydrogens (tertiary/aromatic N) is 5. The van der Waals surface area contributed by atoms with Gasteiger partial charge < -0.3 is 23.5 Å². The van der Waals surface area contributed by atoms with Crippen LogP contribution in [0.2, 0.25) is 0 Å². The van der Waals surface area contributed by atoms with Gasteiger partial charge in [0.2, 0.25) is 5.91 Å². The highest BCUT2D eigenvalue weighted by Gasteiger charge is 2.41. The van der Waals surface area contributed by atoms with Crippen LogP contribution in [0.5, 0.6) is 5.75 Å². The maximum Gasteiger partial charge on any atom is 0.410 e. The molecule has 50 heavy (non-hydrogen) atoms. The number of carbonyl (C=O) groups is 2. The first-order valence-corrected chi connectivity index (χ1v) is 18.7. The lowest BCUT2D eigenvalue weighted by Crippen LogP contribution is -2.56. The van der Waals surface area contributed by atoms with Gasteiger partial charge in [-0.3, -0.25) is 14.7 Å². The number of rotatable bonds is 10. The maximum absolute atomic E-state index is 14.4. The zero-order valence-electron chi connectivity index (χ0n) is 29.3. The number of amides is 2. The number of methoxy groups -OCH3 is 1. The lowest BCUT2D eigenvalue weighted by Gasteiger charge is -2.46. The SMILES string of the molecule is COc1ccc(C2CCC(CN(C(=O)C3CCC(OC(=O)N4CC(C5COC5)C4)CC3)c3cc(-c4coc(C5CC5)n4)ccn3)CC2)nc1C. The quantitative estimate of drug-likeness (QED) is 0.225. The molecule has 0 N–H and O–H groups in total. The summed E-state index contributed by atoms with van der Waals surface area (Å²) in [5, 5.41) is 0. The Morgan fingerprint density at radius 3 is 2.36 bits per heavy atom. The van der Waals surface area contributed by atoms with E-state index in [0.717, 1.165) is 99.1 Å². The summed E-state index contributed by atoms with van der Waals surface area (Å²) in [6.45, 7) is 5.76. The Morgan fingerprint density at radius 2 is 1.68 bits per heavy atom. The first kappa shape index (κ1) is 33.2. The van der Waals surface area contributed by atoms with Gasteiger partial charge in [-0.15, -0.1) is 0 Å². The van der Waals surface area contributed by atoms with E-state index < -0.39 is 0 Å². The number of aromatic nitrogens is 3. The van der Waals surface area contributed by atoms with E-state index in [1.807, 2.05) is 34.9 Å². The molecule has 2 saturated heterocycles. The lowest BCUT2D eigenvalue weighted by atomic mass is 9.79. The molecule has 11 heteroatoms. The minimum absolute atomic E-state index is 0.112. The monoisotopic (exact) mass is 683 g/mol. The van der Waals surface area contributed by atoms with Crippen LogP contribution < -0.4 is 9.64 Å². The van der Waals surface area contributed by atoms with Gasteiger partial charge in [0, 0.05) is 66.7 Å². The van der Waals surface area contributed by atoms with Gasteiger partial charge in [-0.2, -0.15) is 0 Å². The van der Waals surface area contributed by atoms with E-state index in [4.69, 9.17) is 33.6 Å². The fourth-order valence-electron chi connectivity index (χ4n) is 8.22. The predicted molar refractivity (Wildman–Crippen MR) is 186 cm³/mol. The van der Waals surface area contributed by atoms with Crippen LogP contribution in [0.15, 0.2) is 41.1 Å². The normalized spacial score (nSPS) is 25.8. The molecule has 2 amide bonds. The molecule has 0 unspecified atom stereocenters. The lowest BCUT2D eigenvalue weighted by molar-refractivity contribution is -0.124. The highest BCUT2D eigenvalue weighted by molar-refractivity contribution is 5.94. The van der Waals surface area contributed by atoms with Gasteiger partial charge in [0.15, 0.2) is 5.89 Å². The summed E-state index contributed by atoms with van der Waals surface area (Å²) in [6, 6.07) is 8.05. The van der Waals surface area contributed by atoms with Crippen LogP contribution in [0.4, 0.5) is 10.6 Å². The predicted octanol–water partition coefficient (Wildman–Crippen LogP) is 6.91. The van der Waals surface area contributed by atoms with Gasteiger partial charge in [0.25, 0.3) is 0 Å². The van der Waals surface area contributed by atoms with Gasteiger partial charge in [-0.05, 0) is 101 Å². The third kappa shape index (κ3) is 7.11. The van der Waals surface area contributed by atoms with Crippen LogP contribution in [0, 0.1) is 30.6 Å². The molecule has 8 rings (SSSR count). The van der Waals surface area contributed by atoms with Crippen molar-refractivity contribution in [2.24, 2.45) is 23.7 Å². The van der Waals surface area contributed by atoms with Gasteiger partial charge in [0.1, 0.15) is 29.6 Å². The molecule has 5 aliphatic rings. The molecule has 5 heterocycles. The van der Waals surface area contributed by atoms with Gasteiger partial charge in [-0.25, -0.2) is 14.8 Å². The van der Waals surface area contributed by atoms with Crippen molar-refractivity contribution in [1.82, 2.24) is 19.9 Å². The number of hydrogen-bond acceptors (Lipinski definition) is 9. The summed E-state index contributed by atoms with van der Waals surface area (Å²) in [6.07, 6.45) is 12.3. The van der Waals surface area contributed by atoms with Gasteiger partial charge in [-0.1, -0.05) is 0 Å². The Labute approximate surface area is 294 Å². The average Bonchev–Trinajstić information content (AvgIpc) is 3.83. The minimum Gasteiger partial charge on any atom is -0.495 e. The van der Waals surface area contributed by atoms with Crippen molar-refractivity contribution in [3.63, 3.8) is 0 Å². The number of anilines is 1. The Kier molecular flexibility index (Phi) is 9.50. The first-order chi connectivity index (χ1) is 24.4. The van der Waals surface area contributed by atoms with E-state index in [0.29, 0.717) is 67.6 Å². The van der Waals surface area contributed by atoms with Crippen LogP contribution in [0.25, 0.3) is 11.3 Å². The highest BCUT2D eigenvalue weighted by atomic mass is 16.6. The number of ether oxygens (including phenoxy) is 3. The number of pyridine rings is 2. The van der Waals surface area contributed by atoms with Crippen LogP contribution >= 0.6 is 0 Å². The van der Waals surface area contributed by atoms with E-state index in [-0.39, 0.29) is 24.0 Å². The number of carbonyl (C=O) groups excluding carboxylic acids is 2. The highest BCUT2D eigenvalue weighted by Crippen LogP contribution is 2.41. The molecule has 0 radical (unpaired) electrons. The number of likely N-dealkylation sites (tertiary alicyclic amines) is 1. The average molecular weight is 684 g/mol. The molecule has 3 aromatic heterocycles. The van der Waals surface area contributed by atoms with Crippen LogP contribution in [0.3, 0.4) is 0 Å². The molecule has 266 valence electrons. The molecule has 0 atom stereocenters. The van der Waals surface area contributed by atoms with E-state index >= 15 is 0 Å². The molecule has 3 saturated carbocycles.